The normalized spacial score (nSPS) is 21.5. The molecule has 22 heavy (non-hydrogen) atoms. The first-order valence-electron chi connectivity index (χ1n) is 7.73. The van der Waals surface area contributed by atoms with Crippen LogP contribution in [0.25, 0.3) is 0 Å². The maximum absolute atomic E-state index is 12.5. The number of para-hydroxylation sites is 2. The van der Waals surface area contributed by atoms with Gasteiger partial charge in [-0.05, 0) is 25.5 Å². The summed E-state index contributed by atoms with van der Waals surface area (Å²) >= 11 is 0. The Hall–Kier alpha value is -2.24. The third-order valence-electron chi connectivity index (χ3n) is 4.48. The summed E-state index contributed by atoms with van der Waals surface area (Å²) in [4.78, 5) is 29.8. The highest BCUT2D eigenvalue weighted by atomic mass is 16.2. The summed E-state index contributed by atoms with van der Waals surface area (Å²) in [5.74, 6) is -0.138. The molecule has 0 spiro atoms. The molecule has 1 saturated heterocycles. The van der Waals surface area contributed by atoms with Crippen LogP contribution in [0.5, 0.6) is 0 Å². The van der Waals surface area contributed by atoms with Crippen molar-refractivity contribution < 1.29 is 9.59 Å². The SMILES string of the molecule is C[C@@H]1CCN(C)c2ccccc2N1CC(=O)N1CCNC1=O. The lowest BCUT2D eigenvalue weighted by atomic mass is 10.2. The van der Waals surface area contributed by atoms with E-state index in [0.29, 0.717) is 13.1 Å². The lowest BCUT2D eigenvalue weighted by Gasteiger charge is -2.31. The van der Waals surface area contributed by atoms with E-state index in [-0.39, 0.29) is 24.5 Å². The number of hydrogen-bond donors (Lipinski definition) is 1. The summed E-state index contributed by atoms with van der Waals surface area (Å²) in [7, 11) is 2.07. The molecule has 2 heterocycles. The number of urea groups is 1. The molecule has 1 atom stereocenters. The van der Waals surface area contributed by atoms with Gasteiger partial charge in [-0.15, -0.1) is 0 Å². The Morgan fingerprint density at radius 3 is 2.68 bits per heavy atom. The van der Waals surface area contributed by atoms with Crippen LogP contribution in [0.3, 0.4) is 0 Å². The largest absolute Gasteiger partial charge is 0.373 e. The van der Waals surface area contributed by atoms with Crippen molar-refractivity contribution in [2.24, 2.45) is 0 Å². The maximum atomic E-state index is 12.5. The van der Waals surface area contributed by atoms with Crippen LogP contribution < -0.4 is 15.1 Å². The zero-order valence-corrected chi connectivity index (χ0v) is 13.1. The Morgan fingerprint density at radius 2 is 2.00 bits per heavy atom. The molecular weight excluding hydrogens is 280 g/mol. The second-order valence-electron chi connectivity index (χ2n) is 5.95. The highest BCUT2D eigenvalue weighted by Crippen LogP contribution is 2.33. The van der Waals surface area contributed by atoms with Crippen LogP contribution in [0.4, 0.5) is 16.2 Å². The fourth-order valence-corrected chi connectivity index (χ4v) is 3.11. The van der Waals surface area contributed by atoms with Gasteiger partial charge in [0, 0.05) is 32.7 Å². The summed E-state index contributed by atoms with van der Waals surface area (Å²) in [5, 5.41) is 2.68. The summed E-state index contributed by atoms with van der Waals surface area (Å²) in [5.41, 5.74) is 2.19. The lowest BCUT2D eigenvalue weighted by Crippen LogP contribution is -2.45. The molecule has 2 aliphatic rings. The number of carbonyl (C=O) groups excluding carboxylic acids is 2. The highest BCUT2D eigenvalue weighted by molar-refractivity contribution is 5.98. The molecule has 2 aliphatic heterocycles. The van der Waals surface area contributed by atoms with Crippen molar-refractivity contribution in [3.05, 3.63) is 24.3 Å². The van der Waals surface area contributed by atoms with Gasteiger partial charge in [-0.25, -0.2) is 4.79 Å². The van der Waals surface area contributed by atoms with Crippen molar-refractivity contribution in [1.29, 1.82) is 0 Å². The molecule has 0 aliphatic carbocycles. The predicted octanol–water partition coefficient (Wildman–Crippen LogP) is 1.27. The minimum absolute atomic E-state index is 0.138. The summed E-state index contributed by atoms with van der Waals surface area (Å²) < 4.78 is 0. The number of imide groups is 1. The number of rotatable bonds is 2. The molecule has 118 valence electrons. The molecule has 0 saturated carbocycles. The monoisotopic (exact) mass is 302 g/mol. The molecule has 3 rings (SSSR count). The minimum atomic E-state index is -0.280. The second-order valence-corrected chi connectivity index (χ2v) is 5.95. The van der Waals surface area contributed by atoms with Crippen LogP contribution in [0.1, 0.15) is 13.3 Å². The first kappa shape index (κ1) is 14.7. The van der Waals surface area contributed by atoms with Gasteiger partial charge in [0.1, 0.15) is 0 Å². The Bertz CT molecular complexity index is 589. The molecule has 1 N–H and O–H groups in total. The Kier molecular flexibility index (Phi) is 3.92. The molecule has 1 fully saturated rings. The van der Waals surface area contributed by atoms with Crippen LogP contribution in [0, 0.1) is 0 Å². The molecule has 0 radical (unpaired) electrons. The molecule has 1 aromatic rings. The number of anilines is 2. The molecule has 6 heteroatoms. The standard InChI is InChI=1S/C16H22N4O2/c1-12-7-9-18(2)13-5-3-4-6-14(13)20(12)11-15(21)19-10-8-17-16(19)22/h3-6,12H,7-11H2,1-2H3,(H,17,22)/t12-/m1/s1. The minimum Gasteiger partial charge on any atom is -0.373 e. The molecule has 0 bridgehead atoms. The second kappa shape index (κ2) is 5.87. The van der Waals surface area contributed by atoms with Crippen molar-refractivity contribution in [3.8, 4) is 0 Å². The van der Waals surface area contributed by atoms with Gasteiger partial charge in [0.15, 0.2) is 0 Å². The molecule has 3 amide bonds. The van der Waals surface area contributed by atoms with Gasteiger partial charge in [0.2, 0.25) is 5.91 Å². The lowest BCUT2D eigenvalue weighted by molar-refractivity contribution is -0.126. The molecule has 6 nitrogen and oxygen atoms in total. The van der Waals surface area contributed by atoms with Crippen molar-refractivity contribution >= 4 is 23.3 Å². The van der Waals surface area contributed by atoms with Gasteiger partial charge in [0.25, 0.3) is 0 Å². The fourth-order valence-electron chi connectivity index (χ4n) is 3.11. The molecular formula is C16H22N4O2. The number of nitrogens with one attached hydrogen (secondary N) is 1. The number of amides is 3. The first-order valence-corrected chi connectivity index (χ1v) is 7.73. The van der Waals surface area contributed by atoms with Gasteiger partial charge in [-0.1, -0.05) is 12.1 Å². The summed E-state index contributed by atoms with van der Waals surface area (Å²) in [6.45, 7) is 4.32. The van der Waals surface area contributed by atoms with Crippen molar-refractivity contribution in [2.45, 2.75) is 19.4 Å². The van der Waals surface area contributed by atoms with Crippen molar-refractivity contribution in [1.82, 2.24) is 10.2 Å². The average molecular weight is 302 g/mol. The van der Waals surface area contributed by atoms with Crippen LogP contribution >= 0.6 is 0 Å². The van der Waals surface area contributed by atoms with Crippen LogP contribution in [-0.4, -0.2) is 56.1 Å². The van der Waals surface area contributed by atoms with Crippen LogP contribution in [-0.2, 0) is 4.79 Å². The van der Waals surface area contributed by atoms with E-state index in [1.807, 2.05) is 18.2 Å². The van der Waals surface area contributed by atoms with E-state index in [9.17, 15) is 9.59 Å². The summed E-state index contributed by atoms with van der Waals surface area (Å²) in [6, 6.07) is 8.10. The van der Waals surface area contributed by atoms with Gasteiger partial charge in [-0.3, -0.25) is 9.69 Å². The number of fused-ring (bicyclic) bond motifs is 1. The van der Waals surface area contributed by atoms with Crippen molar-refractivity contribution in [3.63, 3.8) is 0 Å². The van der Waals surface area contributed by atoms with Gasteiger partial charge in [-0.2, -0.15) is 0 Å². The van der Waals surface area contributed by atoms with Gasteiger partial charge in [0.05, 0.1) is 17.9 Å². The van der Waals surface area contributed by atoms with E-state index in [4.69, 9.17) is 0 Å². The van der Waals surface area contributed by atoms with E-state index in [1.54, 1.807) is 0 Å². The van der Waals surface area contributed by atoms with E-state index in [2.05, 4.69) is 35.2 Å². The van der Waals surface area contributed by atoms with Gasteiger partial charge >= 0.3 is 6.03 Å². The van der Waals surface area contributed by atoms with Crippen LogP contribution in [0.15, 0.2) is 24.3 Å². The Balaban J connectivity index is 1.86. The smallest absolute Gasteiger partial charge is 0.324 e. The zero-order valence-electron chi connectivity index (χ0n) is 13.1. The molecule has 1 aromatic carbocycles. The third kappa shape index (κ3) is 2.61. The van der Waals surface area contributed by atoms with E-state index < -0.39 is 0 Å². The topological polar surface area (TPSA) is 55.9 Å². The molecule has 0 aromatic heterocycles. The Labute approximate surface area is 130 Å². The van der Waals surface area contributed by atoms with Gasteiger partial charge < -0.3 is 15.1 Å². The highest BCUT2D eigenvalue weighted by Gasteiger charge is 2.30. The van der Waals surface area contributed by atoms with Crippen molar-refractivity contribution in [2.75, 3.05) is 43.0 Å². The number of benzene rings is 1. The van der Waals surface area contributed by atoms with E-state index in [0.717, 1.165) is 24.3 Å². The quantitative estimate of drug-likeness (QED) is 0.894. The number of nitrogens with zero attached hydrogens (tertiary/aromatic N) is 3. The average Bonchev–Trinajstić information content (AvgIpc) is 2.91. The van der Waals surface area contributed by atoms with E-state index >= 15 is 0 Å². The molecule has 0 unspecified atom stereocenters. The third-order valence-corrected chi connectivity index (χ3v) is 4.48. The zero-order chi connectivity index (χ0) is 15.7. The maximum Gasteiger partial charge on any atom is 0.324 e. The summed E-state index contributed by atoms with van der Waals surface area (Å²) in [6.07, 6.45) is 0.977. The fraction of sp³-hybridized carbons (Fsp3) is 0.500. The predicted molar refractivity (Wildman–Crippen MR) is 86.2 cm³/mol. The first-order chi connectivity index (χ1) is 10.6. The van der Waals surface area contributed by atoms with E-state index in [1.165, 1.54) is 4.90 Å². The number of hydrogen-bond acceptors (Lipinski definition) is 4. The number of carbonyl (C=O) groups is 2. The Morgan fingerprint density at radius 1 is 1.27 bits per heavy atom. The van der Waals surface area contributed by atoms with Crippen LogP contribution in [0.2, 0.25) is 0 Å².